The maximum absolute atomic E-state index is 13.6. The van der Waals surface area contributed by atoms with Gasteiger partial charge < -0.3 is 15.9 Å². The number of benzene rings is 2. The highest BCUT2D eigenvalue weighted by atomic mass is 35.5. The van der Waals surface area contributed by atoms with Gasteiger partial charge in [-0.1, -0.05) is 41.6 Å². The minimum absolute atomic E-state index is 0.0602. The second kappa shape index (κ2) is 9.15. The zero-order chi connectivity index (χ0) is 21.0. The molecule has 0 spiro atoms. The van der Waals surface area contributed by atoms with Crippen LogP contribution in [0.25, 0.3) is 0 Å². The van der Waals surface area contributed by atoms with Crippen LogP contribution in [0.1, 0.15) is 17.0 Å². The van der Waals surface area contributed by atoms with Gasteiger partial charge in [-0.25, -0.2) is 9.07 Å². The fourth-order valence-electron chi connectivity index (χ4n) is 2.59. The minimum atomic E-state index is -0.480. The number of carbonyl (C=O) groups excluding carboxylic acids is 1. The van der Waals surface area contributed by atoms with Gasteiger partial charge in [-0.3, -0.25) is 4.79 Å². The van der Waals surface area contributed by atoms with E-state index >= 15 is 0 Å². The van der Waals surface area contributed by atoms with Gasteiger partial charge in [0.25, 0.3) is 0 Å². The number of para-hydroxylation sites is 1. The van der Waals surface area contributed by atoms with Crippen LogP contribution < -0.4 is 15.9 Å². The van der Waals surface area contributed by atoms with E-state index in [0.717, 1.165) is 22.9 Å². The molecule has 0 bridgehead atoms. The third kappa shape index (κ3) is 5.18. The number of hydrogen-bond acceptors (Lipinski definition) is 6. The van der Waals surface area contributed by atoms with Crippen LogP contribution >= 0.6 is 23.4 Å². The molecule has 3 N–H and O–H groups in total. The summed E-state index contributed by atoms with van der Waals surface area (Å²) in [7, 11) is 0. The van der Waals surface area contributed by atoms with Crippen LogP contribution in [-0.2, 0) is 11.4 Å². The Morgan fingerprint density at radius 2 is 2.07 bits per heavy atom. The molecular weight excluding hydrogens is 417 g/mol. The summed E-state index contributed by atoms with van der Waals surface area (Å²) in [5.41, 5.74) is 2.47. The summed E-state index contributed by atoms with van der Waals surface area (Å²) < 4.78 is 20.2. The van der Waals surface area contributed by atoms with Crippen molar-refractivity contribution in [3.8, 4) is 5.75 Å². The largest absolute Gasteiger partial charge is 0.482 e. The molecule has 0 aliphatic rings. The zero-order valence-corrected chi connectivity index (χ0v) is 17.4. The third-order valence-electron chi connectivity index (χ3n) is 3.96. The molecule has 0 radical (unpaired) electrons. The molecule has 1 amide bonds. The number of anilines is 1. The molecule has 29 heavy (non-hydrogen) atoms. The number of amides is 1. The first kappa shape index (κ1) is 20.9. The fourth-order valence-corrected chi connectivity index (χ4v) is 3.63. The number of carbonyl (C=O) groups is 1. The van der Waals surface area contributed by atoms with Crippen LogP contribution in [-0.4, -0.2) is 26.5 Å². The SMILES string of the molecule is Cc1cc(C)c(NC(=O)CSc2nnc(COc3ccccc3F)n2N)c(Cl)c1. The van der Waals surface area contributed by atoms with E-state index in [4.69, 9.17) is 22.2 Å². The van der Waals surface area contributed by atoms with Gasteiger partial charge in [0.05, 0.1) is 16.5 Å². The number of aromatic nitrogens is 3. The number of nitrogens with zero attached hydrogens (tertiary/aromatic N) is 3. The monoisotopic (exact) mass is 435 g/mol. The fraction of sp³-hybridized carbons (Fsp3) is 0.211. The lowest BCUT2D eigenvalue weighted by molar-refractivity contribution is -0.113. The molecule has 0 atom stereocenters. The standard InChI is InChI=1S/C19H19ClFN5O2S/c1-11-7-12(2)18(13(20)8-11)23-17(27)10-29-19-25-24-16(26(19)22)9-28-15-6-4-3-5-14(15)21/h3-8H,9-10,22H2,1-2H3,(H,23,27). The summed E-state index contributed by atoms with van der Waals surface area (Å²) in [5, 5.41) is 11.5. The van der Waals surface area contributed by atoms with Crippen LogP contribution in [0, 0.1) is 19.7 Å². The average molecular weight is 436 g/mol. The lowest BCUT2D eigenvalue weighted by atomic mass is 10.1. The van der Waals surface area contributed by atoms with Crippen molar-refractivity contribution in [3.63, 3.8) is 0 Å². The first-order valence-electron chi connectivity index (χ1n) is 8.61. The van der Waals surface area contributed by atoms with Gasteiger partial charge in [0.2, 0.25) is 11.1 Å². The molecular formula is C19H19ClFN5O2S. The molecule has 2 aromatic carbocycles. The van der Waals surface area contributed by atoms with Crippen LogP contribution in [0.3, 0.4) is 0 Å². The number of thioether (sulfide) groups is 1. The Kier molecular flexibility index (Phi) is 6.60. The third-order valence-corrected chi connectivity index (χ3v) is 5.20. The van der Waals surface area contributed by atoms with Crippen molar-refractivity contribution >= 4 is 35.0 Å². The summed E-state index contributed by atoms with van der Waals surface area (Å²) in [6.45, 7) is 3.75. The van der Waals surface area contributed by atoms with Gasteiger partial charge in [-0.2, -0.15) is 0 Å². The predicted molar refractivity (Wildman–Crippen MR) is 111 cm³/mol. The van der Waals surface area contributed by atoms with Crippen molar-refractivity contribution in [2.45, 2.75) is 25.6 Å². The number of aryl methyl sites for hydroxylation is 2. The highest BCUT2D eigenvalue weighted by Gasteiger charge is 2.15. The topological polar surface area (TPSA) is 95.1 Å². The maximum atomic E-state index is 13.6. The van der Waals surface area contributed by atoms with Gasteiger partial charge in [0.1, 0.15) is 6.61 Å². The predicted octanol–water partition coefficient (Wildman–Crippen LogP) is 3.71. The average Bonchev–Trinajstić information content (AvgIpc) is 3.02. The zero-order valence-electron chi connectivity index (χ0n) is 15.8. The van der Waals surface area contributed by atoms with Crippen molar-refractivity contribution in [2.24, 2.45) is 0 Å². The molecule has 3 rings (SSSR count). The second-order valence-electron chi connectivity index (χ2n) is 6.26. The van der Waals surface area contributed by atoms with E-state index < -0.39 is 5.82 Å². The van der Waals surface area contributed by atoms with E-state index in [0.29, 0.717) is 21.7 Å². The summed E-state index contributed by atoms with van der Waals surface area (Å²) in [4.78, 5) is 12.3. The van der Waals surface area contributed by atoms with Gasteiger partial charge in [0.15, 0.2) is 17.4 Å². The maximum Gasteiger partial charge on any atom is 0.234 e. The van der Waals surface area contributed by atoms with E-state index in [1.165, 1.54) is 16.8 Å². The molecule has 0 unspecified atom stereocenters. The number of nitrogens with two attached hydrogens (primary N) is 1. The lowest BCUT2D eigenvalue weighted by Gasteiger charge is -2.11. The quantitative estimate of drug-likeness (QED) is 0.434. The smallest absolute Gasteiger partial charge is 0.234 e. The molecule has 0 aliphatic carbocycles. The van der Waals surface area contributed by atoms with Gasteiger partial charge in [-0.15, -0.1) is 10.2 Å². The first-order valence-corrected chi connectivity index (χ1v) is 9.97. The molecule has 0 aliphatic heterocycles. The van der Waals surface area contributed by atoms with Gasteiger partial charge in [0, 0.05) is 0 Å². The summed E-state index contributed by atoms with van der Waals surface area (Å²) >= 11 is 7.33. The second-order valence-corrected chi connectivity index (χ2v) is 7.61. The van der Waals surface area contributed by atoms with E-state index in [9.17, 15) is 9.18 Å². The van der Waals surface area contributed by atoms with Crippen LogP contribution in [0.2, 0.25) is 5.02 Å². The molecule has 7 nitrogen and oxygen atoms in total. The van der Waals surface area contributed by atoms with Gasteiger partial charge in [-0.05, 0) is 43.2 Å². The highest BCUT2D eigenvalue weighted by Crippen LogP contribution is 2.27. The van der Waals surface area contributed by atoms with Crippen molar-refractivity contribution in [1.82, 2.24) is 14.9 Å². The minimum Gasteiger partial charge on any atom is -0.482 e. The van der Waals surface area contributed by atoms with E-state index in [-0.39, 0.29) is 24.0 Å². The normalized spacial score (nSPS) is 10.8. The summed E-state index contributed by atoms with van der Waals surface area (Å²) in [6.07, 6.45) is 0. The Bertz CT molecular complexity index is 1020. The van der Waals surface area contributed by atoms with E-state index in [2.05, 4.69) is 15.5 Å². The van der Waals surface area contributed by atoms with Crippen molar-refractivity contribution in [3.05, 3.63) is 64.2 Å². The number of nitrogen functional groups attached to an aromatic ring is 1. The molecule has 1 aromatic heterocycles. The Balaban J connectivity index is 1.57. The van der Waals surface area contributed by atoms with Gasteiger partial charge >= 0.3 is 0 Å². The lowest BCUT2D eigenvalue weighted by Crippen LogP contribution is -2.18. The summed E-state index contributed by atoms with van der Waals surface area (Å²) in [6, 6.07) is 9.75. The van der Waals surface area contributed by atoms with Crippen molar-refractivity contribution in [2.75, 3.05) is 16.9 Å². The van der Waals surface area contributed by atoms with Crippen LogP contribution in [0.5, 0.6) is 5.75 Å². The number of ether oxygens (including phenoxy) is 1. The first-order chi connectivity index (χ1) is 13.8. The molecule has 10 heteroatoms. The number of hydrogen-bond donors (Lipinski definition) is 2. The van der Waals surface area contributed by atoms with Crippen LogP contribution in [0.4, 0.5) is 10.1 Å². The van der Waals surface area contributed by atoms with E-state index in [1.807, 2.05) is 19.9 Å². The molecule has 1 heterocycles. The summed E-state index contributed by atoms with van der Waals surface area (Å²) in [5.74, 6) is 5.67. The van der Waals surface area contributed by atoms with Crippen molar-refractivity contribution < 1.29 is 13.9 Å². The Morgan fingerprint density at radius 3 is 2.79 bits per heavy atom. The highest BCUT2D eigenvalue weighted by molar-refractivity contribution is 7.99. The number of nitrogens with one attached hydrogen (secondary N) is 1. The van der Waals surface area contributed by atoms with E-state index in [1.54, 1.807) is 18.2 Å². The molecule has 152 valence electrons. The molecule has 3 aromatic rings. The Labute approximate surface area is 176 Å². The Morgan fingerprint density at radius 1 is 1.31 bits per heavy atom. The molecule has 0 saturated heterocycles. The van der Waals surface area contributed by atoms with Crippen molar-refractivity contribution in [1.29, 1.82) is 0 Å². The Hall–Kier alpha value is -2.78. The van der Waals surface area contributed by atoms with Crippen LogP contribution in [0.15, 0.2) is 41.6 Å². The number of halogens is 2. The molecule has 0 fully saturated rings. The molecule has 0 saturated carbocycles. The number of rotatable bonds is 7.